The number of benzene rings is 2. The van der Waals surface area contributed by atoms with Crippen molar-refractivity contribution in [2.45, 2.75) is 44.6 Å². The van der Waals surface area contributed by atoms with Crippen LogP contribution in [0.3, 0.4) is 0 Å². The lowest BCUT2D eigenvalue weighted by molar-refractivity contribution is -0.141. The van der Waals surface area contributed by atoms with Crippen molar-refractivity contribution in [2.24, 2.45) is 0 Å². The average Bonchev–Trinajstić information content (AvgIpc) is 3.01. The molecule has 1 heterocycles. The van der Waals surface area contributed by atoms with Crippen LogP contribution in [0.2, 0.25) is 0 Å². The Morgan fingerprint density at radius 1 is 0.909 bits per heavy atom. The molecule has 0 fully saturated rings. The van der Waals surface area contributed by atoms with Crippen LogP contribution >= 0.6 is 0 Å². The van der Waals surface area contributed by atoms with Crippen LogP contribution in [0.1, 0.15) is 48.0 Å². The van der Waals surface area contributed by atoms with Crippen LogP contribution < -0.4 is 25.4 Å². The molecule has 1 atom stereocenters. The number of aliphatic carboxylic acids is 1. The normalized spacial score (nSPS) is 11.1. The molecule has 0 spiro atoms. The molecule has 2 amide bonds. The molecule has 0 aliphatic carbocycles. The molecule has 1 aromatic heterocycles. The molecule has 0 saturated heterocycles. The number of aromatic nitrogens is 1. The molecular formula is C32H38N4O8. The molecule has 0 bridgehead atoms. The van der Waals surface area contributed by atoms with Gasteiger partial charge in [0, 0.05) is 48.9 Å². The molecule has 0 unspecified atom stereocenters. The molecule has 0 aliphatic rings. The number of carbonyl (C=O) groups excluding carboxylic acids is 3. The fourth-order valence-corrected chi connectivity index (χ4v) is 4.18. The van der Waals surface area contributed by atoms with Gasteiger partial charge in [0.05, 0.1) is 27.2 Å². The standard InChI is InChI=1S/C32H38N4O8/c1-42-27-15-17-34-28(21-27)33-16-4-18-44-26-13-7-22(8-14-26)19-25(20-31(40)43-2)36-32(41)23-9-11-24(12-10-23)35-29(37)5-3-6-30(38)39/h7-15,17,21,25H,3-6,16,18-20H2,1-2H3,(H,33,34)(H,35,37)(H,36,41)(H,38,39)/t25-/m0/s1. The zero-order chi connectivity index (χ0) is 31.7. The van der Waals surface area contributed by atoms with Crippen LogP contribution in [0.5, 0.6) is 11.5 Å². The predicted molar refractivity (Wildman–Crippen MR) is 164 cm³/mol. The van der Waals surface area contributed by atoms with E-state index in [1.165, 1.54) is 7.11 Å². The third-order valence-corrected chi connectivity index (χ3v) is 6.47. The van der Waals surface area contributed by atoms with Crippen molar-refractivity contribution in [1.82, 2.24) is 10.3 Å². The number of esters is 1. The van der Waals surface area contributed by atoms with Gasteiger partial charge >= 0.3 is 11.9 Å². The Bertz CT molecular complexity index is 1380. The van der Waals surface area contributed by atoms with Gasteiger partial charge in [0.1, 0.15) is 17.3 Å². The molecule has 0 aliphatic heterocycles. The molecule has 12 heteroatoms. The molecule has 234 valence electrons. The SMILES string of the molecule is COC(=O)C[C@H](Cc1ccc(OCCCNc2cc(OC)ccn2)cc1)NC(=O)c1ccc(NC(=O)CCCC(=O)O)cc1. The zero-order valence-electron chi connectivity index (χ0n) is 24.8. The quantitative estimate of drug-likeness (QED) is 0.123. The van der Waals surface area contributed by atoms with Crippen LogP contribution in [-0.2, 0) is 25.5 Å². The minimum atomic E-state index is -0.955. The fraction of sp³-hybridized carbons (Fsp3) is 0.344. The van der Waals surface area contributed by atoms with E-state index in [4.69, 9.17) is 19.3 Å². The van der Waals surface area contributed by atoms with E-state index < -0.39 is 18.0 Å². The van der Waals surface area contributed by atoms with Crippen molar-refractivity contribution < 1.29 is 38.5 Å². The summed E-state index contributed by atoms with van der Waals surface area (Å²) < 4.78 is 15.9. The minimum absolute atomic E-state index is 0.0138. The molecule has 2 aromatic carbocycles. The van der Waals surface area contributed by atoms with Crippen molar-refractivity contribution in [1.29, 1.82) is 0 Å². The zero-order valence-corrected chi connectivity index (χ0v) is 24.8. The number of hydrogen-bond donors (Lipinski definition) is 4. The monoisotopic (exact) mass is 606 g/mol. The number of carbonyl (C=O) groups is 4. The maximum Gasteiger partial charge on any atom is 0.307 e. The highest BCUT2D eigenvalue weighted by molar-refractivity contribution is 5.96. The second-order valence-electron chi connectivity index (χ2n) is 9.88. The molecular weight excluding hydrogens is 568 g/mol. The van der Waals surface area contributed by atoms with Crippen LogP contribution in [0.25, 0.3) is 0 Å². The summed E-state index contributed by atoms with van der Waals surface area (Å²) in [4.78, 5) is 51.9. The molecule has 3 aromatic rings. The molecule has 12 nitrogen and oxygen atoms in total. The van der Waals surface area contributed by atoms with E-state index in [-0.39, 0.29) is 37.5 Å². The summed E-state index contributed by atoms with van der Waals surface area (Å²) in [6.07, 6.45) is 3.05. The summed E-state index contributed by atoms with van der Waals surface area (Å²) in [7, 11) is 2.90. The smallest absolute Gasteiger partial charge is 0.307 e. The molecule has 3 rings (SSSR count). The first kappa shape index (κ1) is 33.4. The van der Waals surface area contributed by atoms with Crippen LogP contribution in [0, 0.1) is 0 Å². The summed E-state index contributed by atoms with van der Waals surface area (Å²) in [6.45, 7) is 1.18. The number of rotatable bonds is 18. The lowest BCUT2D eigenvalue weighted by Gasteiger charge is -2.18. The van der Waals surface area contributed by atoms with Gasteiger partial charge in [-0.2, -0.15) is 0 Å². The number of methoxy groups -OCH3 is 2. The van der Waals surface area contributed by atoms with E-state index in [0.29, 0.717) is 36.6 Å². The summed E-state index contributed by atoms with van der Waals surface area (Å²) in [5.74, 6) is 0.0771. The van der Waals surface area contributed by atoms with Crippen molar-refractivity contribution in [3.8, 4) is 11.5 Å². The van der Waals surface area contributed by atoms with Gasteiger partial charge in [0.2, 0.25) is 5.91 Å². The van der Waals surface area contributed by atoms with E-state index in [2.05, 4.69) is 20.9 Å². The maximum absolute atomic E-state index is 13.0. The van der Waals surface area contributed by atoms with Gasteiger partial charge in [-0.1, -0.05) is 12.1 Å². The molecule has 0 saturated carbocycles. The van der Waals surface area contributed by atoms with Crippen molar-refractivity contribution in [3.63, 3.8) is 0 Å². The maximum atomic E-state index is 13.0. The van der Waals surface area contributed by atoms with Gasteiger partial charge in [-0.15, -0.1) is 0 Å². The largest absolute Gasteiger partial charge is 0.497 e. The van der Waals surface area contributed by atoms with Crippen molar-refractivity contribution in [3.05, 3.63) is 78.0 Å². The predicted octanol–water partition coefficient (Wildman–Crippen LogP) is 4.07. The third-order valence-electron chi connectivity index (χ3n) is 6.47. The van der Waals surface area contributed by atoms with Crippen LogP contribution in [-0.4, -0.2) is 67.3 Å². The summed E-state index contributed by atoms with van der Waals surface area (Å²) in [5.41, 5.74) is 1.74. The number of ether oxygens (including phenoxy) is 3. The highest BCUT2D eigenvalue weighted by Gasteiger charge is 2.19. The highest BCUT2D eigenvalue weighted by Crippen LogP contribution is 2.17. The number of nitrogens with one attached hydrogen (secondary N) is 3. The summed E-state index contributed by atoms with van der Waals surface area (Å²) in [5, 5.41) is 17.5. The first-order valence-corrected chi connectivity index (χ1v) is 14.2. The summed E-state index contributed by atoms with van der Waals surface area (Å²) >= 11 is 0. The van der Waals surface area contributed by atoms with E-state index in [1.54, 1.807) is 43.6 Å². The topological polar surface area (TPSA) is 165 Å². The number of carboxylic acid groups (broad SMARTS) is 1. The van der Waals surface area contributed by atoms with Gasteiger partial charge < -0.3 is 35.3 Å². The van der Waals surface area contributed by atoms with E-state index in [0.717, 1.165) is 23.6 Å². The summed E-state index contributed by atoms with van der Waals surface area (Å²) in [6, 6.07) is 16.8. The van der Waals surface area contributed by atoms with E-state index in [9.17, 15) is 19.2 Å². The Kier molecular flexibility index (Phi) is 13.5. The van der Waals surface area contributed by atoms with Gasteiger partial charge in [-0.25, -0.2) is 4.98 Å². The van der Waals surface area contributed by atoms with Crippen LogP contribution in [0.15, 0.2) is 66.9 Å². The van der Waals surface area contributed by atoms with Crippen molar-refractivity contribution >= 4 is 35.3 Å². The molecule has 0 radical (unpaired) electrons. The number of nitrogens with zero attached hydrogens (tertiary/aromatic N) is 1. The fourth-order valence-electron chi connectivity index (χ4n) is 4.18. The van der Waals surface area contributed by atoms with Crippen molar-refractivity contribution in [2.75, 3.05) is 38.0 Å². The molecule has 44 heavy (non-hydrogen) atoms. The molecule has 4 N–H and O–H groups in total. The van der Waals surface area contributed by atoms with Gasteiger partial charge in [-0.3, -0.25) is 19.2 Å². The number of pyridine rings is 1. The first-order valence-electron chi connectivity index (χ1n) is 14.2. The first-order chi connectivity index (χ1) is 21.2. The second kappa shape index (κ2) is 17.7. The number of anilines is 2. The van der Waals surface area contributed by atoms with Crippen LogP contribution in [0.4, 0.5) is 11.5 Å². The Morgan fingerprint density at radius 2 is 1.66 bits per heavy atom. The average molecular weight is 607 g/mol. The Hall–Kier alpha value is -5.13. The lowest BCUT2D eigenvalue weighted by Crippen LogP contribution is -2.38. The Balaban J connectivity index is 1.48. The van der Waals surface area contributed by atoms with E-state index in [1.807, 2.05) is 30.3 Å². The number of amides is 2. The minimum Gasteiger partial charge on any atom is -0.497 e. The van der Waals surface area contributed by atoms with Gasteiger partial charge in [-0.05, 0) is 67.3 Å². The highest BCUT2D eigenvalue weighted by atomic mass is 16.5. The third kappa shape index (κ3) is 12.0. The number of carboxylic acids is 1. The van der Waals surface area contributed by atoms with E-state index >= 15 is 0 Å². The number of hydrogen-bond acceptors (Lipinski definition) is 9. The van der Waals surface area contributed by atoms with Gasteiger partial charge in [0.15, 0.2) is 0 Å². The lowest BCUT2D eigenvalue weighted by atomic mass is 10.0. The Labute approximate surface area is 256 Å². The van der Waals surface area contributed by atoms with Gasteiger partial charge in [0.25, 0.3) is 5.91 Å². The second-order valence-corrected chi connectivity index (χ2v) is 9.88. The Morgan fingerprint density at radius 3 is 2.34 bits per heavy atom.